The minimum Gasteiger partial charge on any atom is -0.457 e. The zero-order valence-corrected chi connectivity index (χ0v) is 14.2. The fourth-order valence-corrected chi connectivity index (χ4v) is 2.15. The van der Waals surface area contributed by atoms with Crippen molar-refractivity contribution >= 4 is 5.91 Å². The summed E-state index contributed by atoms with van der Waals surface area (Å²) in [4.78, 5) is 11.9. The maximum absolute atomic E-state index is 12.9. The van der Waals surface area contributed by atoms with E-state index in [0.29, 0.717) is 18.0 Å². The molecule has 0 aromatic heterocycles. The van der Waals surface area contributed by atoms with Crippen molar-refractivity contribution in [1.29, 1.82) is 0 Å². The van der Waals surface area contributed by atoms with Crippen molar-refractivity contribution in [3.05, 3.63) is 59.4 Å². The molecule has 0 aliphatic carbocycles. The maximum atomic E-state index is 12.9. The normalized spacial score (nSPS) is 13.2. The van der Waals surface area contributed by atoms with Gasteiger partial charge in [-0.05, 0) is 55.3 Å². The molecule has 0 radical (unpaired) electrons. The van der Waals surface area contributed by atoms with Crippen LogP contribution in [0.2, 0.25) is 0 Å². The molecule has 0 aliphatic rings. The summed E-state index contributed by atoms with van der Waals surface area (Å²) in [5, 5.41) is 2.88. The first kappa shape index (κ1) is 17.9. The Morgan fingerprint density at radius 3 is 2.46 bits per heavy atom. The molecule has 2 atom stereocenters. The lowest BCUT2D eigenvalue weighted by atomic mass is 10.0. The first-order chi connectivity index (χ1) is 11.4. The minimum absolute atomic E-state index is 0.0608. The molecule has 2 aromatic rings. The Morgan fingerprint density at radius 2 is 1.88 bits per heavy atom. The van der Waals surface area contributed by atoms with Gasteiger partial charge in [-0.2, -0.15) is 0 Å². The van der Waals surface area contributed by atoms with Gasteiger partial charge in [0.15, 0.2) is 0 Å². The van der Waals surface area contributed by atoms with Crippen molar-refractivity contribution in [3.8, 4) is 11.5 Å². The number of rotatable bonds is 6. The Labute approximate surface area is 141 Å². The average Bonchev–Trinajstić information content (AvgIpc) is 2.56. The number of carbonyl (C=O) groups is 1. The summed E-state index contributed by atoms with van der Waals surface area (Å²) in [6.45, 7) is 5.99. The highest BCUT2D eigenvalue weighted by molar-refractivity contribution is 5.78. The van der Waals surface area contributed by atoms with Gasteiger partial charge in [-0.25, -0.2) is 4.39 Å². The topological polar surface area (TPSA) is 64.4 Å². The molecule has 5 heteroatoms. The first-order valence-corrected chi connectivity index (χ1v) is 7.93. The van der Waals surface area contributed by atoms with Crippen molar-refractivity contribution in [1.82, 2.24) is 5.32 Å². The summed E-state index contributed by atoms with van der Waals surface area (Å²) in [6.07, 6.45) is 0. The molecule has 0 heterocycles. The SMILES string of the molecule is Cc1cc(CNC(=O)C(C)C(C)N)ccc1Oc1ccc(F)cc1. The van der Waals surface area contributed by atoms with Crippen LogP contribution in [-0.4, -0.2) is 11.9 Å². The maximum Gasteiger partial charge on any atom is 0.224 e. The van der Waals surface area contributed by atoms with E-state index in [1.54, 1.807) is 12.1 Å². The van der Waals surface area contributed by atoms with E-state index in [-0.39, 0.29) is 23.7 Å². The van der Waals surface area contributed by atoms with E-state index in [9.17, 15) is 9.18 Å². The zero-order valence-electron chi connectivity index (χ0n) is 14.2. The van der Waals surface area contributed by atoms with E-state index >= 15 is 0 Å². The highest BCUT2D eigenvalue weighted by Crippen LogP contribution is 2.26. The number of hydrogen-bond acceptors (Lipinski definition) is 3. The lowest BCUT2D eigenvalue weighted by Crippen LogP contribution is -2.38. The molecule has 0 aliphatic heterocycles. The van der Waals surface area contributed by atoms with Crippen LogP contribution in [0.1, 0.15) is 25.0 Å². The lowest BCUT2D eigenvalue weighted by molar-refractivity contribution is -0.125. The number of hydrogen-bond donors (Lipinski definition) is 2. The largest absolute Gasteiger partial charge is 0.457 e. The Kier molecular flexibility index (Phi) is 5.93. The quantitative estimate of drug-likeness (QED) is 0.851. The minimum atomic E-state index is -0.300. The number of nitrogens with one attached hydrogen (secondary N) is 1. The smallest absolute Gasteiger partial charge is 0.224 e. The Hall–Kier alpha value is -2.40. The molecule has 2 rings (SSSR count). The van der Waals surface area contributed by atoms with Gasteiger partial charge in [0.2, 0.25) is 5.91 Å². The predicted molar refractivity (Wildman–Crippen MR) is 92.3 cm³/mol. The number of aryl methyl sites for hydroxylation is 1. The Morgan fingerprint density at radius 1 is 1.21 bits per heavy atom. The van der Waals surface area contributed by atoms with Crippen LogP contribution in [-0.2, 0) is 11.3 Å². The van der Waals surface area contributed by atoms with E-state index in [2.05, 4.69) is 5.32 Å². The van der Waals surface area contributed by atoms with Crippen molar-refractivity contribution in [2.24, 2.45) is 11.7 Å². The molecule has 0 bridgehead atoms. The van der Waals surface area contributed by atoms with Gasteiger partial charge >= 0.3 is 0 Å². The van der Waals surface area contributed by atoms with E-state index in [1.807, 2.05) is 39.0 Å². The van der Waals surface area contributed by atoms with Crippen LogP contribution in [0.3, 0.4) is 0 Å². The highest BCUT2D eigenvalue weighted by Gasteiger charge is 2.16. The number of amides is 1. The molecule has 3 N–H and O–H groups in total. The number of carbonyl (C=O) groups excluding carboxylic acids is 1. The van der Waals surface area contributed by atoms with Crippen LogP contribution in [0.15, 0.2) is 42.5 Å². The van der Waals surface area contributed by atoms with Gasteiger partial charge in [0, 0.05) is 18.5 Å². The fraction of sp³-hybridized carbons (Fsp3) is 0.316. The van der Waals surface area contributed by atoms with Gasteiger partial charge in [-0.3, -0.25) is 4.79 Å². The fourth-order valence-electron chi connectivity index (χ4n) is 2.15. The number of halogens is 1. The number of nitrogens with two attached hydrogens (primary N) is 1. The molecule has 4 nitrogen and oxygen atoms in total. The molecule has 128 valence electrons. The summed E-state index contributed by atoms with van der Waals surface area (Å²) in [6, 6.07) is 11.4. The van der Waals surface area contributed by atoms with Crippen molar-refractivity contribution < 1.29 is 13.9 Å². The number of ether oxygens (including phenoxy) is 1. The lowest BCUT2D eigenvalue weighted by Gasteiger charge is -2.16. The molecular weight excluding hydrogens is 307 g/mol. The Bertz CT molecular complexity index is 699. The van der Waals surface area contributed by atoms with E-state index in [1.165, 1.54) is 12.1 Å². The number of benzene rings is 2. The van der Waals surface area contributed by atoms with Crippen molar-refractivity contribution in [3.63, 3.8) is 0 Å². The van der Waals surface area contributed by atoms with Crippen LogP contribution in [0.4, 0.5) is 4.39 Å². The zero-order chi connectivity index (χ0) is 17.7. The summed E-state index contributed by atoms with van der Waals surface area (Å²) in [5.41, 5.74) is 7.64. The van der Waals surface area contributed by atoms with Crippen LogP contribution >= 0.6 is 0 Å². The average molecular weight is 330 g/mol. The van der Waals surface area contributed by atoms with E-state index < -0.39 is 0 Å². The van der Waals surface area contributed by atoms with Gasteiger partial charge < -0.3 is 15.8 Å². The van der Waals surface area contributed by atoms with Gasteiger partial charge in [0.25, 0.3) is 0 Å². The van der Waals surface area contributed by atoms with Crippen LogP contribution in [0.25, 0.3) is 0 Å². The van der Waals surface area contributed by atoms with Crippen molar-refractivity contribution in [2.75, 3.05) is 0 Å². The first-order valence-electron chi connectivity index (χ1n) is 7.93. The second-order valence-corrected chi connectivity index (χ2v) is 6.02. The molecule has 0 fully saturated rings. The Balaban J connectivity index is 1.99. The third kappa shape index (κ3) is 4.80. The van der Waals surface area contributed by atoms with Gasteiger partial charge in [0.05, 0.1) is 0 Å². The van der Waals surface area contributed by atoms with Crippen molar-refractivity contribution in [2.45, 2.75) is 33.4 Å². The van der Waals surface area contributed by atoms with Crippen LogP contribution in [0, 0.1) is 18.7 Å². The third-order valence-corrected chi connectivity index (χ3v) is 3.95. The van der Waals surface area contributed by atoms with Gasteiger partial charge in [-0.15, -0.1) is 0 Å². The second-order valence-electron chi connectivity index (χ2n) is 6.02. The highest BCUT2D eigenvalue weighted by atomic mass is 19.1. The molecule has 2 aromatic carbocycles. The van der Waals surface area contributed by atoms with Crippen LogP contribution in [0.5, 0.6) is 11.5 Å². The molecule has 2 unspecified atom stereocenters. The summed E-state index contributed by atoms with van der Waals surface area (Å²) >= 11 is 0. The molecule has 0 saturated heterocycles. The molecule has 1 amide bonds. The van der Waals surface area contributed by atoms with Gasteiger partial charge in [0.1, 0.15) is 17.3 Å². The standard InChI is InChI=1S/C19H23FN2O2/c1-12-10-15(11-22-19(23)13(2)14(3)21)4-9-18(12)24-17-7-5-16(20)6-8-17/h4-10,13-14H,11,21H2,1-3H3,(H,22,23). The second kappa shape index (κ2) is 7.93. The third-order valence-electron chi connectivity index (χ3n) is 3.95. The summed E-state index contributed by atoms with van der Waals surface area (Å²) < 4.78 is 18.7. The molecule has 0 saturated carbocycles. The summed E-state index contributed by atoms with van der Waals surface area (Å²) in [5.74, 6) is 0.680. The monoisotopic (exact) mass is 330 g/mol. The molecular formula is C19H23FN2O2. The summed E-state index contributed by atoms with van der Waals surface area (Å²) in [7, 11) is 0. The van der Waals surface area contributed by atoms with E-state index in [0.717, 1.165) is 11.1 Å². The van der Waals surface area contributed by atoms with Gasteiger partial charge in [-0.1, -0.05) is 19.1 Å². The molecule has 0 spiro atoms. The predicted octanol–water partition coefficient (Wildman–Crippen LogP) is 3.53. The molecule has 24 heavy (non-hydrogen) atoms. The van der Waals surface area contributed by atoms with Crippen LogP contribution < -0.4 is 15.8 Å². The van der Waals surface area contributed by atoms with E-state index in [4.69, 9.17) is 10.5 Å².